The van der Waals surface area contributed by atoms with Crippen LogP contribution in [-0.2, 0) is 6.54 Å². The van der Waals surface area contributed by atoms with Crippen LogP contribution in [0.4, 0.5) is 0 Å². The Morgan fingerprint density at radius 1 is 1.16 bits per heavy atom. The Bertz CT molecular complexity index is 564. The van der Waals surface area contributed by atoms with Gasteiger partial charge in [0.25, 0.3) is 0 Å². The number of aliphatic hydroxyl groups is 1. The Balaban J connectivity index is 2.39. The lowest BCUT2D eigenvalue weighted by molar-refractivity contribution is -0.736. The Labute approximate surface area is 114 Å². The summed E-state index contributed by atoms with van der Waals surface area (Å²) in [4.78, 5) is 0. The Morgan fingerprint density at radius 2 is 1.89 bits per heavy atom. The standard InChI is InChI=1S/C16H21NO2/c1-16(2,11-18)17-10-14-13-7-5-4-6-12(13)8-9-15(14)19-3/h4-9,17-18H,10-11H2,1-3H3/p+1. The summed E-state index contributed by atoms with van der Waals surface area (Å²) in [6, 6.07) is 12.4. The van der Waals surface area contributed by atoms with Gasteiger partial charge in [0.15, 0.2) is 0 Å². The van der Waals surface area contributed by atoms with Crippen molar-refractivity contribution >= 4 is 10.8 Å². The van der Waals surface area contributed by atoms with Gasteiger partial charge in [-0.15, -0.1) is 0 Å². The lowest BCUT2D eigenvalue weighted by Crippen LogP contribution is -2.95. The van der Waals surface area contributed by atoms with Gasteiger partial charge < -0.3 is 15.2 Å². The number of fused-ring (bicyclic) bond motifs is 1. The molecule has 3 heteroatoms. The van der Waals surface area contributed by atoms with E-state index in [-0.39, 0.29) is 12.1 Å². The normalized spacial score (nSPS) is 11.8. The van der Waals surface area contributed by atoms with E-state index in [0.717, 1.165) is 12.3 Å². The van der Waals surface area contributed by atoms with Crippen molar-refractivity contribution in [1.29, 1.82) is 0 Å². The molecule has 0 fully saturated rings. The highest BCUT2D eigenvalue weighted by Crippen LogP contribution is 2.27. The molecule has 0 aliphatic rings. The van der Waals surface area contributed by atoms with Crippen LogP contribution in [0.15, 0.2) is 36.4 Å². The maximum absolute atomic E-state index is 9.35. The molecule has 2 aromatic rings. The number of methoxy groups -OCH3 is 1. The molecule has 0 atom stereocenters. The number of aliphatic hydroxyl groups excluding tert-OH is 1. The fourth-order valence-electron chi connectivity index (χ4n) is 2.16. The third-order valence-electron chi connectivity index (χ3n) is 3.48. The quantitative estimate of drug-likeness (QED) is 0.859. The minimum Gasteiger partial charge on any atom is -0.496 e. The molecule has 3 nitrogen and oxygen atoms in total. The van der Waals surface area contributed by atoms with Gasteiger partial charge in [-0.1, -0.05) is 30.3 Å². The molecular formula is C16H22NO2+. The van der Waals surface area contributed by atoms with Crippen molar-refractivity contribution in [2.24, 2.45) is 0 Å². The molecule has 0 saturated heterocycles. The maximum Gasteiger partial charge on any atom is 0.128 e. The van der Waals surface area contributed by atoms with E-state index in [9.17, 15) is 5.11 Å². The number of ether oxygens (including phenoxy) is 1. The van der Waals surface area contributed by atoms with Gasteiger partial charge in [-0.05, 0) is 30.7 Å². The Kier molecular flexibility index (Phi) is 4.08. The summed E-state index contributed by atoms with van der Waals surface area (Å²) in [5.74, 6) is 0.906. The van der Waals surface area contributed by atoms with E-state index in [1.807, 2.05) is 32.0 Å². The summed E-state index contributed by atoms with van der Waals surface area (Å²) in [5, 5.41) is 13.9. The van der Waals surface area contributed by atoms with E-state index in [1.54, 1.807) is 7.11 Å². The van der Waals surface area contributed by atoms with Crippen molar-refractivity contribution in [1.82, 2.24) is 0 Å². The molecule has 2 rings (SSSR count). The number of quaternary nitrogens is 1. The molecule has 0 heterocycles. The highest BCUT2D eigenvalue weighted by atomic mass is 16.5. The summed E-state index contributed by atoms with van der Waals surface area (Å²) in [5.41, 5.74) is 1.00. The first-order chi connectivity index (χ1) is 9.07. The van der Waals surface area contributed by atoms with Crippen LogP contribution in [0.5, 0.6) is 5.75 Å². The molecule has 0 aliphatic heterocycles. The van der Waals surface area contributed by atoms with E-state index in [2.05, 4.69) is 23.5 Å². The molecule has 0 bridgehead atoms. The highest BCUT2D eigenvalue weighted by molar-refractivity contribution is 5.87. The van der Waals surface area contributed by atoms with Gasteiger partial charge in [-0.3, -0.25) is 0 Å². The molecule has 2 aromatic carbocycles. The number of hydrogen-bond acceptors (Lipinski definition) is 2. The van der Waals surface area contributed by atoms with Crippen LogP contribution in [0, 0.1) is 0 Å². The topological polar surface area (TPSA) is 46.1 Å². The maximum atomic E-state index is 9.35. The van der Waals surface area contributed by atoms with Crippen molar-refractivity contribution < 1.29 is 15.2 Å². The van der Waals surface area contributed by atoms with Crippen molar-refractivity contribution in [2.45, 2.75) is 25.9 Å². The molecule has 0 saturated carbocycles. The largest absolute Gasteiger partial charge is 0.496 e. The van der Waals surface area contributed by atoms with Crippen LogP contribution in [0.2, 0.25) is 0 Å². The molecule has 0 aliphatic carbocycles. The van der Waals surface area contributed by atoms with Gasteiger partial charge in [-0.2, -0.15) is 0 Å². The zero-order valence-corrected chi connectivity index (χ0v) is 11.8. The minimum absolute atomic E-state index is 0.153. The second-order valence-electron chi connectivity index (χ2n) is 5.52. The van der Waals surface area contributed by atoms with Crippen LogP contribution >= 0.6 is 0 Å². The molecule has 3 N–H and O–H groups in total. The monoisotopic (exact) mass is 260 g/mol. The van der Waals surface area contributed by atoms with Crippen LogP contribution < -0.4 is 10.1 Å². The van der Waals surface area contributed by atoms with Gasteiger partial charge in [0, 0.05) is 0 Å². The van der Waals surface area contributed by atoms with Crippen LogP contribution in [0.25, 0.3) is 10.8 Å². The highest BCUT2D eigenvalue weighted by Gasteiger charge is 2.21. The van der Waals surface area contributed by atoms with Crippen LogP contribution in [0.3, 0.4) is 0 Å². The van der Waals surface area contributed by atoms with Gasteiger partial charge in [0.1, 0.15) is 17.8 Å². The first-order valence-corrected chi connectivity index (χ1v) is 6.57. The molecule has 0 aromatic heterocycles. The summed E-state index contributed by atoms with van der Waals surface area (Å²) in [7, 11) is 1.70. The number of benzene rings is 2. The molecule has 0 unspecified atom stereocenters. The van der Waals surface area contributed by atoms with Crippen molar-refractivity contribution in [3.05, 3.63) is 42.0 Å². The average Bonchev–Trinajstić information content (AvgIpc) is 2.44. The fraction of sp³-hybridized carbons (Fsp3) is 0.375. The third kappa shape index (κ3) is 3.06. The van der Waals surface area contributed by atoms with E-state index >= 15 is 0 Å². The molecular weight excluding hydrogens is 238 g/mol. The fourth-order valence-corrected chi connectivity index (χ4v) is 2.16. The number of rotatable bonds is 5. The predicted octanol–water partition coefficient (Wildman–Crippen LogP) is 1.68. The van der Waals surface area contributed by atoms with E-state index in [1.165, 1.54) is 16.3 Å². The first kappa shape index (κ1) is 13.8. The summed E-state index contributed by atoms with van der Waals surface area (Å²) >= 11 is 0. The average molecular weight is 260 g/mol. The Hall–Kier alpha value is -1.58. The smallest absolute Gasteiger partial charge is 0.128 e. The summed E-state index contributed by atoms with van der Waals surface area (Å²) in [6.07, 6.45) is 0. The van der Waals surface area contributed by atoms with Crippen molar-refractivity contribution in [3.8, 4) is 5.75 Å². The summed E-state index contributed by atoms with van der Waals surface area (Å²) < 4.78 is 5.47. The number of nitrogens with two attached hydrogens (primary N) is 1. The molecule has 19 heavy (non-hydrogen) atoms. The van der Waals surface area contributed by atoms with Gasteiger partial charge >= 0.3 is 0 Å². The first-order valence-electron chi connectivity index (χ1n) is 6.57. The predicted molar refractivity (Wildman–Crippen MR) is 77.3 cm³/mol. The van der Waals surface area contributed by atoms with Gasteiger partial charge in [0.05, 0.1) is 19.3 Å². The van der Waals surface area contributed by atoms with Crippen molar-refractivity contribution in [2.75, 3.05) is 13.7 Å². The molecule has 0 amide bonds. The third-order valence-corrected chi connectivity index (χ3v) is 3.48. The lowest BCUT2D eigenvalue weighted by Gasteiger charge is -2.21. The molecule has 0 spiro atoms. The van der Waals surface area contributed by atoms with Crippen LogP contribution in [-0.4, -0.2) is 24.4 Å². The van der Waals surface area contributed by atoms with E-state index in [4.69, 9.17) is 4.74 Å². The molecule has 102 valence electrons. The minimum atomic E-state index is -0.179. The van der Waals surface area contributed by atoms with Crippen LogP contribution in [0.1, 0.15) is 19.4 Å². The van der Waals surface area contributed by atoms with E-state index < -0.39 is 0 Å². The van der Waals surface area contributed by atoms with E-state index in [0.29, 0.717) is 0 Å². The zero-order chi connectivity index (χ0) is 13.9. The second kappa shape index (κ2) is 5.59. The second-order valence-corrected chi connectivity index (χ2v) is 5.52. The SMILES string of the molecule is COc1ccc2ccccc2c1C[NH2+]C(C)(C)CO. The van der Waals surface area contributed by atoms with Gasteiger partial charge in [0.2, 0.25) is 0 Å². The molecule has 0 radical (unpaired) electrons. The summed E-state index contributed by atoms with van der Waals surface area (Å²) in [6.45, 7) is 5.01. The number of hydrogen-bond donors (Lipinski definition) is 2. The lowest BCUT2D eigenvalue weighted by atomic mass is 10.0. The van der Waals surface area contributed by atoms with Crippen molar-refractivity contribution in [3.63, 3.8) is 0 Å². The zero-order valence-electron chi connectivity index (χ0n) is 11.8. The van der Waals surface area contributed by atoms with Gasteiger partial charge in [-0.25, -0.2) is 0 Å². The Morgan fingerprint density at radius 3 is 2.58 bits per heavy atom.